The van der Waals surface area contributed by atoms with Gasteiger partial charge in [0.2, 0.25) is 11.7 Å². The Kier molecular flexibility index (Phi) is 12.8. The number of halogens is 2. The van der Waals surface area contributed by atoms with E-state index in [-0.39, 0.29) is 31.2 Å². The number of nitrogens with zero attached hydrogens (tertiary/aromatic N) is 1. The number of nitrogens with two attached hydrogens (primary N) is 1. The Balaban J connectivity index is 0.00000722. The fourth-order valence-electron chi connectivity index (χ4n) is 3.36. The van der Waals surface area contributed by atoms with Crippen LogP contribution in [0.15, 0.2) is 46.1 Å². The molecule has 2 rings (SSSR count). The van der Waals surface area contributed by atoms with Crippen LogP contribution >= 0.6 is 12.4 Å². The van der Waals surface area contributed by atoms with Gasteiger partial charge in [-0.05, 0) is 31.2 Å². The Bertz CT molecular complexity index is 1200. The van der Waals surface area contributed by atoms with E-state index in [9.17, 15) is 33.5 Å². The topological polar surface area (TPSA) is 186 Å². The summed E-state index contributed by atoms with van der Waals surface area (Å²) in [5.41, 5.74) is 4.63. The molecule has 6 N–H and O–H groups in total. The average molecular weight is 558 g/mol. The molecule has 4 atom stereocenters. The second-order valence-corrected chi connectivity index (χ2v) is 9.02. The molecule has 38 heavy (non-hydrogen) atoms. The van der Waals surface area contributed by atoms with Gasteiger partial charge in [-0.25, -0.2) is 9.59 Å². The molecule has 0 aliphatic heterocycles. The molecular weight excluding hydrogens is 525 g/mol. The number of carbonyl (C=O) groups is 3. The number of aromatic nitrogens is 2. The highest BCUT2D eigenvalue weighted by molar-refractivity contribution is 5.91. The average Bonchev–Trinajstić information content (AvgIpc) is 2.84. The standard InChI is InChI=1S/C24H32FN5O7.ClH/c1-13(2)9-18(28-22(34)19(31)17(26)10-15-7-5-4-6-8-15)21(33)27-14(3)23(35)37-12-30-11-16(25)20(32)29-24(30)36;/h4-8,11,13-14,17-19,31H,9-10,12,26H2,1-3H3,(H,27,33)(H,28,34)(H,29,32,36);1H/t14-,17+,18-,19-;/m0./s1. The number of hydrogen-bond acceptors (Lipinski definition) is 8. The minimum absolute atomic E-state index is 0. The van der Waals surface area contributed by atoms with E-state index in [0.717, 1.165) is 5.56 Å². The van der Waals surface area contributed by atoms with Crippen molar-refractivity contribution in [2.75, 3.05) is 0 Å². The van der Waals surface area contributed by atoms with E-state index >= 15 is 0 Å². The molecule has 12 nitrogen and oxygen atoms in total. The first kappa shape index (κ1) is 32.5. The number of ether oxygens (including phenoxy) is 1. The predicted octanol–water partition coefficient (Wildman–Crippen LogP) is -0.435. The van der Waals surface area contributed by atoms with Gasteiger partial charge in [0.25, 0.3) is 11.5 Å². The molecular formula is C24H33ClFN5O7. The zero-order chi connectivity index (χ0) is 27.7. The van der Waals surface area contributed by atoms with Crippen LogP contribution in [0.3, 0.4) is 0 Å². The molecule has 1 aromatic heterocycles. The van der Waals surface area contributed by atoms with Gasteiger partial charge in [0.05, 0.1) is 6.20 Å². The van der Waals surface area contributed by atoms with Gasteiger partial charge in [0.15, 0.2) is 6.73 Å². The van der Waals surface area contributed by atoms with E-state index in [0.29, 0.717) is 10.8 Å². The number of esters is 1. The fraction of sp³-hybridized carbons (Fsp3) is 0.458. The van der Waals surface area contributed by atoms with Crippen molar-refractivity contribution in [2.45, 2.75) is 64.6 Å². The highest BCUT2D eigenvalue weighted by Gasteiger charge is 2.30. The molecule has 1 heterocycles. The quantitative estimate of drug-likeness (QED) is 0.217. The van der Waals surface area contributed by atoms with Crippen LogP contribution in [0.1, 0.15) is 32.8 Å². The van der Waals surface area contributed by atoms with Crippen LogP contribution in [-0.4, -0.2) is 56.7 Å². The largest absolute Gasteiger partial charge is 0.442 e. The maximum Gasteiger partial charge on any atom is 0.331 e. The predicted molar refractivity (Wildman–Crippen MR) is 138 cm³/mol. The second-order valence-electron chi connectivity index (χ2n) is 9.02. The smallest absolute Gasteiger partial charge is 0.331 e. The van der Waals surface area contributed by atoms with Gasteiger partial charge < -0.3 is 26.2 Å². The maximum atomic E-state index is 13.4. The molecule has 210 valence electrons. The fourth-order valence-corrected chi connectivity index (χ4v) is 3.36. The number of hydrogen-bond donors (Lipinski definition) is 5. The number of aromatic amines is 1. The van der Waals surface area contributed by atoms with E-state index in [2.05, 4.69) is 10.6 Å². The number of nitrogens with one attached hydrogen (secondary N) is 3. The molecule has 0 bridgehead atoms. The monoisotopic (exact) mass is 557 g/mol. The maximum absolute atomic E-state index is 13.4. The van der Waals surface area contributed by atoms with Crippen LogP contribution in [0.2, 0.25) is 0 Å². The molecule has 0 unspecified atom stereocenters. The van der Waals surface area contributed by atoms with E-state index in [4.69, 9.17) is 10.5 Å². The molecule has 0 fully saturated rings. The van der Waals surface area contributed by atoms with Crippen LogP contribution < -0.4 is 27.6 Å². The Morgan fingerprint density at radius 1 is 1.11 bits per heavy atom. The van der Waals surface area contributed by atoms with E-state index < -0.39 is 65.8 Å². The summed E-state index contributed by atoms with van der Waals surface area (Å²) in [6.45, 7) is 4.25. The number of aliphatic hydroxyl groups is 1. The Morgan fingerprint density at radius 2 is 1.74 bits per heavy atom. The molecule has 0 spiro atoms. The van der Waals surface area contributed by atoms with Gasteiger partial charge in [0.1, 0.15) is 18.2 Å². The van der Waals surface area contributed by atoms with Gasteiger partial charge in [-0.1, -0.05) is 44.2 Å². The first-order valence-corrected chi connectivity index (χ1v) is 11.6. The summed E-state index contributed by atoms with van der Waals surface area (Å²) >= 11 is 0. The Labute approximate surface area is 224 Å². The third kappa shape index (κ3) is 9.72. The number of H-pyrrole nitrogens is 1. The van der Waals surface area contributed by atoms with E-state index in [1.54, 1.807) is 17.1 Å². The van der Waals surface area contributed by atoms with Gasteiger partial charge in [-0.15, -0.1) is 12.4 Å². The van der Waals surface area contributed by atoms with Crippen LogP contribution in [0.5, 0.6) is 0 Å². The van der Waals surface area contributed by atoms with Gasteiger partial charge in [-0.3, -0.25) is 23.9 Å². The third-order valence-corrected chi connectivity index (χ3v) is 5.35. The zero-order valence-corrected chi connectivity index (χ0v) is 22.0. The summed E-state index contributed by atoms with van der Waals surface area (Å²) in [5.74, 6) is -3.77. The van der Waals surface area contributed by atoms with Crippen molar-refractivity contribution in [3.05, 3.63) is 68.7 Å². The van der Waals surface area contributed by atoms with Crippen molar-refractivity contribution in [2.24, 2.45) is 11.7 Å². The lowest BCUT2D eigenvalue weighted by atomic mass is 9.99. The van der Waals surface area contributed by atoms with Crippen molar-refractivity contribution in [1.82, 2.24) is 20.2 Å². The summed E-state index contributed by atoms with van der Waals surface area (Å²) in [7, 11) is 0. The lowest BCUT2D eigenvalue weighted by Crippen LogP contribution is -2.56. The van der Waals surface area contributed by atoms with Gasteiger partial charge in [-0.2, -0.15) is 4.39 Å². The van der Waals surface area contributed by atoms with Crippen molar-refractivity contribution in [1.29, 1.82) is 0 Å². The van der Waals surface area contributed by atoms with Crippen molar-refractivity contribution in [3.63, 3.8) is 0 Å². The van der Waals surface area contributed by atoms with Crippen LogP contribution in [-0.2, 0) is 32.3 Å². The molecule has 0 aliphatic rings. The lowest BCUT2D eigenvalue weighted by molar-refractivity contribution is -0.151. The van der Waals surface area contributed by atoms with Crippen molar-refractivity contribution < 1.29 is 28.6 Å². The van der Waals surface area contributed by atoms with Crippen molar-refractivity contribution in [3.8, 4) is 0 Å². The SMILES string of the molecule is CC(C)C[C@H](NC(=O)[C@@H](O)[C@H](N)Cc1ccccc1)C(=O)N[C@@H](C)C(=O)OCn1cc(F)c(=O)[nH]c1=O.Cl. The van der Waals surface area contributed by atoms with Crippen molar-refractivity contribution >= 4 is 30.2 Å². The lowest BCUT2D eigenvalue weighted by Gasteiger charge is -2.25. The minimum atomic E-state index is -1.58. The third-order valence-electron chi connectivity index (χ3n) is 5.35. The summed E-state index contributed by atoms with van der Waals surface area (Å²) in [6.07, 6.45) is -0.561. The number of rotatable bonds is 12. The second kappa shape index (κ2) is 15.0. The van der Waals surface area contributed by atoms with E-state index in [1.807, 2.05) is 32.0 Å². The van der Waals surface area contributed by atoms with Crippen LogP contribution in [0.4, 0.5) is 4.39 Å². The first-order chi connectivity index (χ1) is 17.4. The molecule has 2 aromatic rings. The first-order valence-electron chi connectivity index (χ1n) is 11.6. The van der Waals surface area contributed by atoms with Crippen LogP contribution in [0, 0.1) is 11.7 Å². The molecule has 0 saturated carbocycles. The molecule has 2 amide bonds. The molecule has 1 aromatic carbocycles. The van der Waals surface area contributed by atoms with E-state index in [1.165, 1.54) is 6.92 Å². The zero-order valence-electron chi connectivity index (χ0n) is 21.2. The Morgan fingerprint density at radius 3 is 2.34 bits per heavy atom. The van der Waals surface area contributed by atoms with Gasteiger partial charge in [0, 0.05) is 6.04 Å². The summed E-state index contributed by atoms with van der Waals surface area (Å²) < 4.78 is 18.9. The number of benzene rings is 1. The van der Waals surface area contributed by atoms with Gasteiger partial charge >= 0.3 is 11.7 Å². The molecule has 14 heteroatoms. The highest BCUT2D eigenvalue weighted by Crippen LogP contribution is 2.09. The number of carbonyl (C=O) groups excluding carboxylic acids is 3. The molecule has 0 saturated heterocycles. The number of amides is 2. The highest BCUT2D eigenvalue weighted by atomic mass is 35.5. The minimum Gasteiger partial charge on any atom is -0.442 e. The normalized spacial score (nSPS) is 14.0. The van der Waals surface area contributed by atoms with Crippen LogP contribution in [0.25, 0.3) is 0 Å². The molecule has 0 radical (unpaired) electrons. The summed E-state index contributed by atoms with van der Waals surface area (Å²) in [6, 6.07) is 5.86. The molecule has 0 aliphatic carbocycles. The summed E-state index contributed by atoms with van der Waals surface area (Å²) in [4.78, 5) is 62.2. The summed E-state index contributed by atoms with van der Waals surface area (Å²) in [5, 5.41) is 15.3. The Hall–Kier alpha value is -3.55. The number of aliphatic hydroxyl groups excluding tert-OH is 1.